The van der Waals surface area contributed by atoms with Gasteiger partial charge in [-0.05, 0) is 70.5 Å². The first-order valence-electron chi connectivity index (χ1n) is 7.41. The fourth-order valence-corrected chi connectivity index (χ4v) is 2.80. The minimum absolute atomic E-state index is 0.0715. The Labute approximate surface area is 149 Å². The predicted molar refractivity (Wildman–Crippen MR) is 103 cm³/mol. The first-order valence-corrected chi connectivity index (χ1v) is 8.49. The fraction of sp³-hybridized carbons (Fsp3) is 0.0500. The maximum atomic E-state index is 12.6. The second kappa shape index (κ2) is 7.42. The fourth-order valence-electron chi connectivity index (χ4n) is 2.44. The maximum absolute atomic E-state index is 12.6. The number of carbonyl (C=O) groups excluding carboxylic acids is 1. The van der Waals surface area contributed by atoms with E-state index in [1.807, 2.05) is 66.7 Å². The third-order valence-electron chi connectivity index (χ3n) is 3.60. The molecule has 0 bridgehead atoms. The monoisotopic (exact) mass is 413 g/mol. The lowest BCUT2D eigenvalue weighted by Gasteiger charge is -2.10. The molecule has 2 nitrogen and oxygen atoms in total. The van der Waals surface area contributed by atoms with Crippen molar-refractivity contribution in [1.82, 2.24) is 0 Å². The van der Waals surface area contributed by atoms with Crippen LogP contribution in [0.2, 0.25) is 0 Å². The van der Waals surface area contributed by atoms with Gasteiger partial charge in [-0.1, -0.05) is 48.5 Å². The lowest BCUT2D eigenvalue weighted by molar-refractivity contribution is 0.102. The molecule has 1 amide bonds. The quantitative estimate of drug-likeness (QED) is 0.590. The number of carbonyl (C=O) groups is 1. The van der Waals surface area contributed by atoms with Crippen LogP contribution in [0.4, 0.5) is 5.69 Å². The van der Waals surface area contributed by atoms with Crippen LogP contribution in [0.5, 0.6) is 0 Å². The summed E-state index contributed by atoms with van der Waals surface area (Å²) in [7, 11) is 0. The van der Waals surface area contributed by atoms with Crippen molar-refractivity contribution in [3.05, 3.63) is 99.1 Å². The van der Waals surface area contributed by atoms with Crippen molar-refractivity contribution in [2.45, 2.75) is 6.42 Å². The van der Waals surface area contributed by atoms with Gasteiger partial charge < -0.3 is 5.32 Å². The molecule has 3 heteroatoms. The Kier molecular flexibility index (Phi) is 5.08. The van der Waals surface area contributed by atoms with Crippen LogP contribution in [0.3, 0.4) is 0 Å². The van der Waals surface area contributed by atoms with Crippen LogP contribution in [0.15, 0.2) is 78.9 Å². The van der Waals surface area contributed by atoms with E-state index in [1.165, 1.54) is 5.56 Å². The van der Waals surface area contributed by atoms with Crippen molar-refractivity contribution >= 4 is 34.2 Å². The van der Waals surface area contributed by atoms with Crippen LogP contribution in [-0.2, 0) is 6.42 Å². The Morgan fingerprint density at radius 2 is 1.48 bits per heavy atom. The Morgan fingerprint density at radius 3 is 2.22 bits per heavy atom. The number of benzene rings is 3. The van der Waals surface area contributed by atoms with Gasteiger partial charge in [-0.2, -0.15) is 0 Å². The molecule has 0 unspecified atom stereocenters. The molecule has 0 aliphatic rings. The van der Waals surface area contributed by atoms with Crippen molar-refractivity contribution in [2.24, 2.45) is 0 Å². The highest BCUT2D eigenvalue weighted by molar-refractivity contribution is 14.1. The highest BCUT2D eigenvalue weighted by Gasteiger charge is 2.11. The summed E-state index contributed by atoms with van der Waals surface area (Å²) in [6.07, 6.45) is 0.747. The van der Waals surface area contributed by atoms with Gasteiger partial charge in [0.2, 0.25) is 0 Å². The van der Waals surface area contributed by atoms with E-state index in [-0.39, 0.29) is 5.91 Å². The summed E-state index contributed by atoms with van der Waals surface area (Å²) >= 11 is 2.25. The van der Waals surface area contributed by atoms with E-state index in [4.69, 9.17) is 0 Å². The van der Waals surface area contributed by atoms with Gasteiger partial charge in [-0.3, -0.25) is 4.79 Å². The van der Waals surface area contributed by atoms with Crippen LogP contribution in [0, 0.1) is 3.57 Å². The average Bonchev–Trinajstić information content (AvgIpc) is 2.58. The topological polar surface area (TPSA) is 29.1 Å². The molecule has 0 fully saturated rings. The molecule has 0 saturated heterocycles. The summed E-state index contributed by atoms with van der Waals surface area (Å²) in [5.74, 6) is -0.0715. The Hall–Kier alpha value is -2.14. The lowest BCUT2D eigenvalue weighted by atomic mass is 9.99. The van der Waals surface area contributed by atoms with Gasteiger partial charge in [0.05, 0.1) is 0 Å². The highest BCUT2D eigenvalue weighted by Crippen LogP contribution is 2.17. The van der Waals surface area contributed by atoms with Crippen molar-refractivity contribution in [1.29, 1.82) is 0 Å². The van der Waals surface area contributed by atoms with E-state index in [9.17, 15) is 4.79 Å². The molecule has 3 aromatic rings. The van der Waals surface area contributed by atoms with Gasteiger partial charge in [0.25, 0.3) is 5.91 Å². The van der Waals surface area contributed by atoms with E-state index < -0.39 is 0 Å². The second-order valence-electron chi connectivity index (χ2n) is 5.28. The summed E-state index contributed by atoms with van der Waals surface area (Å²) in [4.78, 5) is 12.6. The predicted octanol–water partition coefficient (Wildman–Crippen LogP) is 5.13. The minimum Gasteiger partial charge on any atom is -0.322 e. The molecule has 114 valence electrons. The summed E-state index contributed by atoms with van der Waals surface area (Å²) in [6.45, 7) is 0. The van der Waals surface area contributed by atoms with E-state index >= 15 is 0 Å². The highest BCUT2D eigenvalue weighted by atomic mass is 127. The molecule has 0 aromatic heterocycles. The summed E-state index contributed by atoms with van der Waals surface area (Å²) in [6, 6.07) is 25.7. The molecule has 0 radical (unpaired) electrons. The first kappa shape index (κ1) is 15.7. The molecule has 0 atom stereocenters. The van der Waals surface area contributed by atoms with Gasteiger partial charge in [-0.25, -0.2) is 0 Å². The van der Waals surface area contributed by atoms with Crippen molar-refractivity contribution in [2.75, 3.05) is 5.32 Å². The van der Waals surface area contributed by atoms with Gasteiger partial charge >= 0.3 is 0 Å². The molecule has 0 heterocycles. The second-order valence-corrected chi connectivity index (χ2v) is 6.53. The average molecular weight is 413 g/mol. The maximum Gasteiger partial charge on any atom is 0.255 e. The number of nitrogens with one attached hydrogen (secondary N) is 1. The molecule has 3 rings (SSSR count). The molecule has 0 spiro atoms. The van der Waals surface area contributed by atoms with Crippen molar-refractivity contribution < 1.29 is 4.79 Å². The van der Waals surface area contributed by atoms with Gasteiger partial charge in [0, 0.05) is 14.8 Å². The van der Waals surface area contributed by atoms with Gasteiger partial charge in [0.1, 0.15) is 0 Å². The van der Waals surface area contributed by atoms with Gasteiger partial charge in [0.15, 0.2) is 0 Å². The largest absolute Gasteiger partial charge is 0.322 e. The lowest BCUT2D eigenvalue weighted by Crippen LogP contribution is -2.14. The normalized spacial score (nSPS) is 10.3. The third-order valence-corrected chi connectivity index (χ3v) is 4.32. The molecule has 3 aromatic carbocycles. The standard InChI is InChI=1S/C20H16INO/c21-17-10-12-18(13-11-17)22-20(23)19-9-5-4-8-16(19)14-15-6-2-1-3-7-15/h1-13H,14H2,(H,22,23). The van der Waals surface area contributed by atoms with Crippen LogP contribution >= 0.6 is 22.6 Å². The first-order chi connectivity index (χ1) is 11.2. The Bertz CT molecular complexity index is 797. The molecular weight excluding hydrogens is 397 g/mol. The van der Waals surface area contributed by atoms with Crippen molar-refractivity contribution in [3.63, 3.8) is 0 Å². The zero-order chi connectivity index (χ0) is 16.1. The number of hydrogen-bond donors (Lipinski definition) is 1. The number of anilines is 1. The van der Waals surface area contributed by atoms with E-state index in [2.05, 4.69) is 40.0 Å². The molecule has 1 N–H and O–H groups in total. The number of rotatable bonds is 4. The Morgan fingerprint density at radius 1 is 0.826 bits per heavy atom. The molecule has 0 aliphatic carbocycles. The minimum atomic E-state index is -0.0715. The molecule has 23 heavy (non-hydrogen) atoms. The van der Waals surface area contributed by atoms with Crippen LogP contribution in [0.1, 0.15) is 21.5 Å². The van der Waals surface area contributed by atoms with Crippen LogP contribution < -0.4 is 5.32 Å². The smallest absolute Gasteiger partial charge is 0.255 e. The van der Waals surface area contributed by atoms with E-state index in [0.29, 0.717) is 0 Å². The molecule has 0 saturated carbocycles. The number of halogens is 1. The molecule has 0 aliphatic heterocycles. The Balaban J connectivity index is 1.82. The number of amides is 1. The van der Waals surface area contributed by atoms with Crippen LogP contribution in [0.25, 0.3) is 0 Å². The number of hydrogen-bond acceptors (Lipinski definition) is 1. The summed E-state index contributed by atoms with van der Waals surface area (Å²) in [5.41, 5.74) is 3.75. The SMILES string of the molecule is O=C(Nc1ccc(I)cc1)c1ccccc1Cc1ccccc1. The summed E-state index contributed by atoms with van der Waals surface area (Å²) < 4.78 is 1.14. The molecular formula is C20H16INO. The third kappa shape index (κ3) is 4.20. The summed E-state index contributed by atoms with van der Waals surface area (Å²) in [5, 5.41) is 2.97. The van der Waals surface area contributed by atoms with E-state index in [0.717, 1.165) is 26.8 Å². The van der Waals surface area contributed by atoms with E-state index in [1.54, 1.807) is 0 Å². The zero-order valence-electron chi connectivity index (χ0n) is 12.5. The zero-order valence-corrected chi connectivity index (χ0v) is 14.7. The van der Waals surface area contributed by atoms with Crippen LogP contribution in [-0.4, -0.2) is 5.91 Å². The van der Waals surface area contributed by atoms with Crippen molar-refractivity contribution in [3.8, 4) is 0 Å². The van der Waals surface area contributed by atoms with Gasteiger partial charge in [-0.15, -0.1) is 0 Å².